The van der Waals surface area contributed by atoms with E-state index in [0.717, 1.165) is 18.6 Å². The summed E-state index contributed by atoms with van der Waals surface area (Å²) in [6, 6.07) is 0.148. The first-order valence-corrected chi connectivity index (χ1v) is 4.29. The van der Waals surface area contributed by atoms with Crippen molar-refractivity contribution in [2.45, 2.75) is 38.6 Å². The molecule has 11 heavy (non-hydrogen) atoms. The molecule has 1 fully saturated rings. The van der Waals surface area contributed by atoms with Crippen molar-refractivity contribution < 1.29 is 4.84 Å². The molecule has 1 saturated carbocycles. The number of nitrogens with two attached hydrogens (primary N) is 1. The van der Waals surface area contributed by atoms with Crippen molar-refractivity contribution >= 4 is 5.71 Å². The second-order valence-electron chi connectivity index (χ2n) is 2.85. The van der Waals surface area contributed by atoms with Gasteiger partial charge in [-0.1, -0.05) is 11.6 Å². The Morgan fingerprint density at radius 3 is 3.09 bits per heavy atom. The first-order valence-electron chi connectivity index (χ1n) is 4.29. The van der Waals surface area contributed by atoms with Gasteiger partial charge in [0.05, 0.1) is 5.71 Å². The lowest BCUT2D eigenvalue weighted by atomic mass is 9.94. The zero-order valence-electron chi connectivity index (χ0n) is 7.05. The van der Waals surface area contributed by atoms with E-state index in [2.05, 4.69) is 5.16 Å². The molecule has 3 heteroatoms. The maximum atomic E-state index is 5.81. The summed E-state index contributed by atoms with van der Waals surface area (Å²) in [6.45, 7) is 2.56. The lowest BCUT2D eigenvalue weighted by molar-refractivity contribution is 0.156. The van der Waals surface area contributed by atoms with Gasteiger partial charge in [0.1, 0.15) is 6.61 Å². The Balaban J connectivity index is 2.40. The second-order valence-corrected chi connectivity index (χ2v) is 2.85. The average molecular weight is 156 g/mol. The highest BCUT2D eigenvalue weighted by molar-refractivity contribution is 5.89. The first-order chi connectivity index (χ1) is 5.34. The minimum absolute atomic E-state index is 0.148. The van der Waals surface area contributed by atoms with Gasteiger partial charge in [0.15, 0.2) is 0 Å². The minimum Gasteiger partial charge on any atom is -0.396 e. The van der Waals surface area contributed by atoms with Crippen LogP contribution < -0.4 is 5.73 Å². The fraction of sp³-hybridized carbons (Fsp3) is 0.875. The summed E-state index contributed by atoms with van der Waals surface area (Å²) >= 11 is 0. The van der Waals surface area contributed by atoms with Crippen LogP contribution in [0.1, 0.15) is 32.6 Å². The molecule has 0 bridgehead atoms. The Bertz CT molecular complexity index is 145. The number of oxime groups is 1. The maximum Gasteiger partial charge on any atom is 0.114 e. The molecular formula is C8H16N2O. The summed E-state index contributed by atoms with van der Waals surface area (Å²) in [5, 5.41) is 3.97. The molecule has 0 aromatic rings. The Morgan fingerprint density at radius 2 is 2.45 bits per heavy atom. The predicted molar refractivity (Wildman–Crippen MR) is 45.5 cm³/mol. The smallest absolute Gasteiger partial charge is 0.114 e. The van der Waals surface area contributed by atoms with Crippen LogP contribution in [0.15, 0.2) is 5.16 Å². The van der Waals surface area contributed by atoms with Crippen LogP contribution in [0.2, 0.25) is 0 Å². The van der Waals surface area contributed by atoms with E-state index in [1.54, 1.807) is 0 Å². The molecule has 0 aliphatic heterocycles. The number of hydrogen-bond donors (Lipinski definition) is 1. The summed E-state index contributed by atoms with van der Waals surface area (Å²) in [4.78, 5) is 4.95. The zero-order chi connectivity index (χ0) is 8.10. The molecule has 1 rings (SSSR count). The van der Waals surface area contributed by atoms with Crippen LogP contribution in [0.4, 0.5) is 0 Å². The molecule has 0 amide bonds. The van der Waals surface area contributed by atoms with E-state index in [-0.39, 0.29) is 6.04 Å². The van der Waals surface area contributed by atoms with Gasteiger partial charge in [-0.2, -0.15) is 0 Å². The molecule has 0 aromatic heterocycles. The van der Waals surface area contributed by atoms with E-state index in [0.29, 0.717) is 6.61 Å². The van der Waals surface area contributed by atoms with Crippen molar-refractivity contribution in [1.82, 2.24) is 0 Å². The fourth-order valence-electron chi connectivity index (χ4n) is 1.28. The third-order valence-electron chi connectivity index (χ3n) is 1.94. The summed E-state index contributed by atoms with van der Waals surface area (Å²) in [7, 11) is 0. The summed E-state index contributed by atoms with van der Waals surface area (Å²) < 4.78 is 0. The molecule has 1 aliphatic rings. The van der Waals surface area contributed by atoms with Gasteiger partial charge in [-0.25, -0.2) is 0 Å². The summed E-state index contributed by atoms with van der Waals surface area (Å²) in [5.74, 6) is 0. The van der Waals surface area contributed by atoms with Crippen LogP contribution in [0.5, 0.6) is 0 Å². The van der Waals surface area contributed by atoms with Crippen molar-refractivity contribution in [1.29, 1.82) is 0 Å². The first kappa shape index (κ1) is 8.53. The Hall–Kier alpha value is -0.570. The maximum absolute atomic E-state index is 5.81. The van der Waals surface area contributed by atoms with Gasteiger partial charge in [0.25, 0.3) is 0 Å². The van der Waals surface area contributed by atoms with Crippen LogP contribution >= 0.6 is 0 Å². The topological polar surface area (TPSA) is 47.6 Å². The van der Waals surface area contributed by atoms with Crippen LogP contribution in [-0.4, -0.2) is 18.4 Å². The van der Waals surface area contributed by atoms with Gasteiger partial charge in [-0.15, -0.1) is 0 Å². The zero-order valence-corrected chi connectivity index (χ0v) is 7.05. The third-order valence-corrected chi connectivity index (χ3v) is 1.94. The number of hydrogen-bond acceptors (Lipinski definition) is 3. The van der Waals surface area contributed by atoms with E-state index in [1.807, 2.05) is 6.92 Å². The Morgan fingerprint density at radius 1 is 1.64 bits per heavy atom. The quantitative estimate of drug-likeness (QED) is 0.612. The molecule has 0 aromatic carbocycles. The average Bonchev–Trinajstić information content (AvgIpc) is 2.03. The highest BCUT2D eigenvalue weighted by atomic mass is 16.6. The minimum atomic E-state index is 0.148. The third kappa shape index (κ3) is 2.50. The molecule has 2 N–H and O–H groups in total. The Kier molecular flexibility index (Phi) is 3.36. The fourth-order valence-corrected chi connectivity index (χ4v) is 1.28. The van der Waals surface area contributed by atoms with E-state index in [9.17, 15) is 0 Å². The largest absolute Gasteiger partial charge is 0.396 e. The van der Waals surface area contributed by atoms with Crippen molar-refractivity contribution in [3.63, 3.8) is 0 Å². The summed E-state index contributed by atoms with van der Waals surface area (Å²) in [6.07, 6.45) is 4.51. The van der Waals surface area contributed by atoms with E-state index in [4.69, 9.17) is 10.6 Å². The number of nitrogens with zero attached hydrogens (tertiary/aromatic N) is 1. The molecule has 0 spiro atoms. The molecule has 3 nitrogen and oxygen atoms in total. The second kappa shape index (κ2) is 4.34. The molecule has 1 atom stereocenters. The van der Waals surface area contributed by atoms with Gasteiger partial charge in [-0.3, -0.25) is 0 Å². The van der Waals surface area contributed by atoms with Crippen LogP contribution in [0.25, 0.3) is 0 Å². The van der Waals surface area contributed by atoms with Crippen molar-refractivity contribution in [2.24, 2.45) is 10.9 Å². The monoisotopic (exact) mass is 156 g/mol. The van der Waals surface area contributed by atoms with Crippen molar-refractivity contribution in [3.8, 4) is 0 Å². The molecule has 1 aliphatic carbocycles. The van der Waals surface area contributed by atoms with Gasteiger partial charge in [0.2, 0.25) is 0 Å². The Labute approximate surface area is 67.6 Å². The molecule has 0 heterocycles. The van der Waals surface area contributed by atoms with Crippen molar-refractivity contribution in [3.05, 3.63) is 0 Å². The van der Waals surface area contributed by atoms with Gasteiger partial charge >= 0.3 is 0 Å². The van der Waals surface area contributed by atoms with E-state index < -0.39 is 0 Å². The number of rotatable bonds is 2. The van der Waals surface area contributed by atoms with Gasteiger partial charge in [-0.05, 0) is 26.2 Å². The lowest BCUT2D eigenvalue weighted by Crippen LogP contribution is -2.33. The van der Waals surface area contributed by atoms with Gasteiger partial charge < -0.3 is 10.6 Å². The lowest BCUT2D eigenvalue weighted by Gasteiger charge is -2.18. The molecule has 0 saturated heterocycles. The molecule has 0 radical (unpaired) electrons. The van der Waals surface area contributed by atoms with Gasteiger partial charge in [0, 0.05) is 6.04 Å². The highest BCUT2D eigenvalue weighted by Crippen LogP contribution is 2.14. The molecule has 64 valence electrons. The van der Waals surface area contributed by atoms with E-state index >= 15 is 0 Å². The molecular weight excluding hydrogens is 140 g/mol. The predicted octanol–water partition coefficient (Wildman–Crippen LogP) is 1.28. The van der Waals surface area contributed by atoms with E-state index in [1.165, 1.54) is 12.8 Å². The normalized spacial score (nSPS) is 28.9. The van der Waals surface area contributed by atoms with Crippen LogP contribution in [0, 0.1) is 0 Å². The van der Waals surface area contributed by atoms with Crippen LogP contribution in [-0.2, 0) is 4.84 Å². The summed E-state index contributed by atoms with van der Waals surface area (Å²) in [5.41, 5.74) is 6.85. The SMILES string of the molecule is CCON=C1CCCCC1N. The molecule has 1 unspecified atom stereocenters. The standard InChI is InChI=1S/C8H16N2O/c1-2-11-10-8-6-4-3-5-7(8)9/h7H,2-6,9H2,1H3. The van der Waals surface area contributed by atoms with Crippen molar-refractivity contribution in [2.75, 3.05) is 6.61 Å². The van der Waals surface area contributed by atoms with Crippen LogP contribution in [0.3, 0.4) is 0 Å². The highest BCUT2D eigenvalue weighted by Gasteiger charge is 2.16.